The second-order valence-electron chi connectivity index (χ2n) is 5.79. The molecule has 2 aromatic heterocycles. The Morgan fingerprint density at radius 3 is 2.71 bits per heavy atom. The van der Waals surface area contributed by atoms with E-state index in [1.807, 2.05) is 0 Å². The summed E-state index contributed by atoms with van der Waals surface area (Å²) in [6, 6.07) is 2.07. The molecule has 0 aliphatic heterocycles. The molecule has 0 unspecified atom stereocenters. The van der Waals surface area contributed by atoms with Crippen molar-refractivity contribution in [3.63, 3.8) is 0 Å². The Kier molecular flexibility index (Phi) is 6.39. The Bertz CT molecular complexity index is 714. The molecule has 5 N–H and O–H groups in total. The number of amides is 1. The second-order valence-corrected chi connectivity index (χ2v) is 6.79. The third-order valence-corrected chi connectivity index (χ3v) is 5.17. The van der Waals surface area contributed by atoms with Crippen LogP contribution in [-0.4, -0.2) is 35.7 Å². The number of pyridine rings is 1. The van der Waals surface area contributed by atoms with Crippen molar-refractivity contribution in [2.24, 2.45) is 5.73 Å². The summed E-state index contributed by atoms with van der Waals surface area (Å²) < 4.78 is 0. The average Bonchev–Trinajstić information content (AvgIpc) is 2.89. The van der Waals surface area contributed by atoms with Crippen molar-refractivity contribution in [2.45, 2.75) is 39.5 Å². The van der Waals surface area contributed by atoms with Crippen molar-refractivity contribution in [1.82, 2.24) is 4.98 Å². The molecule has 2 rings (SSSR count). The van der Waals surface area contributed by atoms with Gasteiger partial charge in [-0.05, 0) is 37.8 Å². The molecule has 24 heavy (non-hydrogen) atoms. The Hall–Kier alpha value is -1.86. The van der Waals surface area contributed by atoms with E-state index >= 15 is 0 Å². The predicted octanol–water partition coefficient (Wildman–Crippen LogP) is 2.53. The van der Waals surface area contributed by atoms with Crippen molar-refractivity contribution in [1.29, 1.82) is 0 Å². The predicted molar refractivity (Wildman–Crippen MR) is 101 cm³/mol. The van der Waals surface area contributed by atoms with Crippen molar-refractivity contribution in [3.05, 3.63) is 16.5 Å². The number of fused-ring (bicyclic) bond motifs is 1. The molecule has 0 saturated heterocycles. The fourth-order valence-electron chi connectivity index (χ4n) is 2.85. The number of carbonyl (C=O) groups is 1. The van der Waals surface area contributed by atoms with E-state index in [0.717, 1.165) is 60.4 Å². The highest BCUT2D eigenvalue weighted by Gasteiger charge is 2.19. The van der Waals surface area contributed by atoms with E-state index in [0.29, 0.717) is 10.6 Å². The van der Waals surface area contributed by atoms with Gasteiger partial charge in [0, 0.05) is 25.1 Å². The van der Waals surface area contributed by atoms with Gasteiger partial charge < -0.3 is 21.5 Å². The minimum Gasteiger partial charge on any atom is -0.397 e. The molecule has 2 heterocycles. The third-order valence-electron chi connectivity index (χ3n) is 4.05. The standard InChI is InChI=1S/C17H26N4O2S/c1-3-7-11-10-12(21(4-2)8-5-6-9-22)20-17-13(11)14(18)15(24-17)16(19)23/h10,22H,3-9,18H2,1-2H3,(H2,19,23). The van der Waals surface area contributed by atoms with Crippen LogP contribution in [0.3, 0.4) is 0 Å². The number of primary amides is 1. The van der Waals surface area contributed by atoms with Gasteiger partial charge in [0.15, 0.2) is 0 Å². The van der Waals surface area contributed by atoms with E-state index in [1.54, 1.807) is 0 Å². The van der Waals surface area contributed by atoms with Crippen molar-refractivity contribution < 1.29 is 9.90 Å². The number of hydrogen-bond donors (Lipinski definition) is 3. The number of aliphatic hydroxyl groups excluding tert-OH is 1. The zero-order chi connectivity index (χ0) is 17.7. The van der Waals surface area contributed by atoms with Crippen molar-refractivity contribution in [2.75, 3.05) is 30.3 Å². The number of aromatic nitrogens is 1. The first kappa shape index (κ1) is 18.5. The number of nitrogens with zero attached hydrogens (tertiary/aromatic N) is 2. The highest BCUT2D eigenvalue weighted by molar-refractivity contribution is 7.21. The van der Waals surface area contributed by atoms with Gasteiger partial charge in [-0.15, -0.1) is 11.3 Å². The fraction of sp³-hybridized carbons (Fsp3) is 0.529. The Morgan fingerprint density at radius 1 is 1.38 bits per heavy atom. The lowest BCUT2D eigenvalue weighted by atomic mass is 10.1. The van der Waals surface area contributed by atoms with Crippen LogP contribution in [0.15, 0.2) is 6.07 Å². The van der Waals surface area contributed by atoms with E-state index < -0.39 is 5.91 Å². The molecule has 2 aromatic rings. The lowest BCUT2D eigenvalue weighted by molar-refractivity contribution is 0.100. The molecule has 0 bridgehead atoms. The van der Waals surface area contributed by atoms with Crippen LogP contribution in [0, 0.1) is 0 Å². The van der Waals surface area contributed by atoms with Crippen LogP contribution in [-0.2, 0) is 6.42 Å². The molecule has 1 amide bonds. The number of aliphatic hydroxyl groups is 1. The zero-order valence-corrected chi connectivity index (χ0v) is 15.2. The second kappa shape index (κ2) is 8.30. The molecule has 7 heteroatoms. The van der Waals surface area contributed by atoms with Crippen LogP contribution >= 0.6 is 11.3 Å². The van der Waals surface area contributed by atoms with Gasteiger partial charge in [0.05, 0.1) is 5.69 Å². The number of aryl methyl sites for hydroxylation is 1. The van der Waals surface area contributed by atoms with Gasteiger partial charge in [0.25, 0.3) is 5.91 Å². The first-order chi connectivity index (χ1) is 11.5. The van der Waals surface area contributed by atoms with E-state index in [2.05, 4.69) is 24.8 Å². The van der Waals surface area contributed by atoms with Crippen LogP contribution in [0.5, 0.6) is 0 Å². The summed E-state index contributed by atoms with van der Waals surface area (Å²) in [6.07, 6.45) is 3.54. The monoisotopic (exact) mass is 350 g/mol. The summed E-state index contributed by atoms with van der Waals surface area (Å²) in [5.74, 6) is 0.387. The summed E-state index contributed by atoms with van der Waals surface area (Å²) in [6.45, 7) is 6.07. The molecular weight excluding hydrogens is 324 g/mol. The quantitative estimate of drug-likeness (QED) is 0.603. The number of nitrogens with two attached hydrogens (primary N) is 2. The Labute approximate surface area is 146 Å². The summed E-state index contributed by atoms with van der Waals surface area (Å²) in [4.78, 5) is 19.7. The first-order valence-corrected chi connectivity index (χ1v) is 9.22. The smallest absolute Gasteiger partial charge is 0.260 e. The Balaban J connectivity index is 2.49. The summed E-state index contributed by atoms with van der Waals surface area (Å²) in [5.41, 5.74) is 13.2. The summed E-state index contributed by atoms with van der Waals surface area (Å²) in [7, 11) is 0. The summed E-state index contributed by atoms with van der Waals surface area (Å²) in [5, 5.41) is 9.84. The molecule has 0 aromatic carbocycles. The van der Waals surface area contributed by atoms with Crippen LogP contribution in [0.25, 0.3) is 10.2 Å². The van der Waals surface area contributed by atoms with Gasteiger partial charge in [0.2, 0.25) is 0 Å². The highest BCUT2D eigenvalue weighted by atomic mass is 32.1. The largest absolute Gasteiger partial charge is 0.397 e. The average molecular weight is 350 g/mol. The van der Waals surface area contributed by atoms with Gasteiger partial charge in [-0.3, -0.25) is 4.79 Å². The van der Waals surface area contributed by atoms with E-state index in [4.69, 9.17) is 21.6 Å². The van der Waals surface area contributed by atoms with Crippen LogP contribution < -0.4 is 16.4 Å². The molecule has 0 fully saturated rings. The normalized spacial score (nSPS) is 11.1. The molecule has 132 valence electrons. The van der Waals surface area contributed by atoms with E-state index in [1.165, 1.54) is 11.3 Å². The molecule has 0 saturated carbocycles. The van der Waals surface area contributed by atoms with E-state index in [9.17, 15) is 4.79 Å². The summed E-state index contributed by atoms with van der Waals surface area (Å²) >= 11 is 1.27. The number of unbranched alkanes of at least 4 members (excludes halogenated alkanes) is 1. The van der Waals surface area contributed by atoms with Gasteiger partial charge >= 0.3 is 0 Å². The van der Waals surface area contributed by atoms with Crippen molar-refractivity contribution >= 4 is 39.0 Å². The third kappa shape index (κ3) is 3.79. The molecule has 0 atom stereocenters. The number of rotatable bonds is 9. The first-order valence-electron chi connectivity index (χ1n) is 8.40. The molecule has 0 radical (unpaired) electrons. The Morgan fingerprint density at radius 2 is 2.12 bits per heavy atom. The topological polar surface area (TPSA) is 105 Å². The maximum atomic E-state index is 11.6. The van der Waals surface area contributed by atoms with Gasteiger partial charge in [-0.1, -0.05) is 13.3 Å². The number of nitrogen functional groups attached to an aromatic ring is 1. The molecule has 0 aliphatic carbocycles. The molecule has 6 nitrogen and oxygen atoms in total. The number of anilines is 2. The number of hydrogen-bond acceptors (Lipinski definition) is 6. The van der Waals surface area contributed by atoms with Crippen LogP contribution in [0.1, 0.15) is 48.3 Å². The van der Waals surface area contributed by atoms with Crippen LogP contribution in [0.4, 0.5) is 11.5 Å². The van der Waals surface area contributed by atoms with Crippen LogP contribution in [0.2, 0.25) is 0 Å². The zero-order valence-electron chi connectivity index (χ0n) is 14.3. The maximum Gasteiger partial charge on any atom is 0.260 e. The lowest BCUT2D eigenvalue weighted by Gasteiger charge is -2.22. The maximum absolute atomic E-state index is 11.6. The highest BCUT2D eigenvalue weighted by Crippen LogP contribution is 2.37. The lowest BCUT2D eigenvalue weighted by Crippen LogP contribution is -2.25. The molecular formula is C17H26N4O2S. The van der Waals surface area contributed by atoms with Gasteiger partial charge in [0.1, 0.15) is 15.5 Å². The minimum absolute atomic E-state index is 0.203. The minimum atomic E-state index is -0.505. The van der Waals surface area contributed by atoms with Crippen molar-refractivity contribution in [3.8, 4) is 0 Å². The fourth-order valence-corrected chi connectivity index (χ4v) is 3.83. The molecule has 0 aliphatic rings. The number of thiophene rings is 1. The van der Waals surface area contributed by atoms with Gasteiger partial charge in [-0.25, -0.2) is 4.98 Å². The van der Waals surface area contributed by atoms with Gasteiger partial charge in [-0.2, -0.15) is 0 Å². The number of carbonyl (C=O) groups excluding carboxylic acids is 1. The molecule has 0 spiro atoms. The van der Waals surface area contributed by atoms with E-state index in [-0.39, 0.29) is 6.61 Å². The SMILES string of the molecule is CCCc1cc(N(CC)CCCCO)nc2sc(C(N)=O)c(N)c12.